The molecule has 3 heterocycles. The Hall–Kier alpha value is -3.76. The summed E-state index contributed by atoms with van der Waals surface area (Å²) in [5, 5.41) is 14.8. The Bertz CT molecular complexity index is 1320. The maximum atomic E-state index is 9.21. The molecule has 7 heteroatoms. The quantitative estimate of drug-likeness (QED) is 0.479. The van der Waals surface area contributed by atoms with Gasteiger partial charge in [-0.15, -0.1) is 0 Å². The summed E-state index contributed by atoms with van der Waals surface area (Å²) >= 11 is 0. The summed E-state index contributed by atoms with van der Waals surface area (Å²) in [4.78, 5) is 14.6. The normalized spacial score (nSPS) is 14.7. The van der Waals surface area contributed by atoms with Crippen LogP contribution in [0.1, 0.15) is 18.4 Å². The van der Waals surface area contributed by atoms with Gasteiger partial charge in [0.05, 0.1) is 34.7 Å². The van der Waals surface area contributed by atoms with Gasteiger partial charge in [-0.25, -0.2) is 4.98 Å². The van der Waals surface area contributed by atoms with Crippen LogP contribution in [0.2, 0.25) is 0 Å². The highest BCUT2D eigenvalue weighted by molar-refractivity contribution is 5.87. The lowest BCUT2D eigenvalue weighted by atomic mass is 10.0. The topological polar surface area (TPSA) is 73.9 Å². The van der Waals surface area contributed by atoms with Crippen molar-refractivity contribution in [2.45, 2.75) is 18.9 Å². The second kappa shape index (κ2) is 8.64. The Labute approximate surface area is 193 Å². The van der Waals surface area contributed by atoms with E-state index in [0.29, 0.717) is 11.6 Å². The van der Waals surface area contributed by atoms with Crippen LogP contribution in [0.5, 0.6) is 0 Å². The fraction of sp³-hybridized carbons (Fsp3) is 0.308. The summed E-state index contributed by atoms with van der Waals surface area (Å²) in [5.74, 6) is 0.901. The molecule has 1 aliphatic heterocycles. The molecule has 1 saturated heterocycles. The van der Waals surface area contributed by atoms with Gasteiger partial charge in [-0.2, -0.15) is 10.4 Å². The van der Waals surface area contributed by atoms with Crippen molar-refractivity contribution in [2.75, 3.05) is 32.1 Å². The van der Waals surface area contributed by atoms with E-state index < -0.39 is 0 Å². The number of rotatable bonds is 4. The van der Waals surface area contributed by atoms with Gasteiger partial charge in [0.15, 0.2) is 0 Å². The molecule has 0 N–H and O–H groups in total. The molecule has 1 fully saturated rings. The van der Waals surface area contributed by atoms with E-state index in [1.807, 2.05) is 54.5 Å². The molecule has 4 aromatic rings. The van der Waals surface area contributed by atoms with Gasteiger partial charge in [0.25, 0.3) is 0 Å². The fourth-order valence-corrected chi connectivity index (χ4v) is 4.56. The van der Waals surface area contributed by atoms with Crippen molar-refractivity contribution in [3.05, 3.63) is 60.4 Å². The zero-order chi connectivity index (χ0) is 22.9. The zero-order valence-corrected chi connectivity index (χ0v) is 19.2. The minimum atomic E-state index is 0.609. The molecule has 0 radical (unpaired) electrons. The van der Waals surface area contributed by atoms with Crippen molar-refractivity contribution in [3.8, 4) is 28.6 Å². The highest BCUT2D eigenvalue weighted by Crippen LogP contribution is 2.33. The van der Waals surface area contributed by atoms with E-state index in [4.69, 9.17) is 9.97 Å². The smallest absolute Gasteiger partial charge is 0.147 e. The fourth-order valence-electron chi connectivity index (χ4n) is 4.56. The molecule has 1 aliphatic rings. The van der Waals surface area contributed by atoms with Gasteiger partial charge in [0.1, 0.15) is 5.82 Å². The lowest BCUT2D eigenvalue weighted by molar-refractivity contribution is 0.249. The summed E-state index contributed by atoms with van der Waals surface area (Å²) in [7, 11) is 6.23. The average Bonchev–Trinajstić information content (AvgIpc) is 3.23. The van der Waals surface area contributed by atoms with Crippen molar-refractivity contribution in [1.82, 2.24) is 24.6 Å². The van der Waals surface area contributed by atoms with Crippen LogP contribution in [0.3, 0.4) is 0 Å². The first kappa shape index (κ1) is 21.1. The maximum Gasteiger partial charge on any atom is 0.147 e. The number of hydrogen-bond acceptors (Lipinski definition) is 6. The van der Waals surface area contributed by atoms with E-state index in [2.05, 4.69) is 47.2 Å². The van der Waals surface area contributed by atoms with Gasteiger partial charge >= 0.3 is 0 Å². The van der Waals surface area contributed by atoms with Gasteiger partial charge in [-0.1, -0.05) is 18.2 Å². The second-order valence-corrected chi connectivity index (χ2v) is 8.87. The Kier molecular flexibility index (Phi) is 5.53. The van der Waals surface area contributed by atoms with Crippen LogP contribution in [0.15, 0.2) is 54.9 Å². The van der Waals surface area contributed by atoms with Crippen LogP contribution in [0.4, 0.5) is 5.82 Å². The number of nitriles is 1. The Morgan fingerprint density at radius 2 is 1.73 bits per heavy atom. The standard InChI is InChI=1S/C26H27N7/c1-31(2)22-10-12-33(13-11-22)24-16-28-25(20-8-9-23-21(14-20)17-32(3)30-23)26(29-24)19-6-4-18(15-27)5-7-19/h4-9,14,16-17,22H,10-13H2,1-3H3. The molecule has 7 nitrogen and oxygen atoms in total. The van der Waals surface area contributed by atoms with Crippen LogP contribution >= 0.6 is 0 Å². The Morgan fingerprint density at radius 3 is 2.42 bits per heavy atom. The van der Waals surface area contributed by atoms with Crippen LogP contribution in [0, 0.1) is 11.3 Å². The molecule has 166 valence electrons. The van der Waals surface area contributed by atoms with Crippen molar-refractivity contribution >= 4 is 16.7 Å². The lowest BCUT2D eigenvalue weighted by Crippen LogP contribution is -2.42. The monoisotopic (exact) mass is 437 g/mol. The van der Waals surface area contributed by atoms with E-state index in [0.717, 1.165) is 65.2 Å². The molecule has 0 amide bonds. The number of piperidine rings is 1. The van der Waals surface area contributed by atoms with Gasteiger partial charge in [-0.05, 0) is 51.2 Å². The molecule has 0 saturated carbocycles. The predicted molar refractivity (Wildman–Crippen MR) is 131 cm³/mol. The van der Waals surface area contributed by atoms with Crippen molar-refractivity contribution in [1.29, 1.82) is 5.26 Å². The van der Waals surface area contributed by atoms with Gasteiger partial charge in [0, 0.05) is 48.9 Å². The third-order valence-electron chi connectivity index (χ3n) is 6.46. The first-order chi connectivity index (χ1) is 16.0. The molecule has 5 rings (SSSR count). The number of fused-ring (bicyclic) bond motifs is 1. The molecular weight excluding hydrogens is 410 g/mol. The number of aryl methyl sites for hydroxylation is 1. The summed E-state index contributed by atoms with van der Waals surface area (Å²) < 4.78 is 1.82. The SMILES string of the molecule is CN(C)C1CCN(c2cnc(-c3ccc4nn(C)cc4c3)c(-c3ccc(C#N)cc3)n2)CC1. The number of anilines is 1. The summed E-state index contributed by atoms with van der Waals surface area (Å²) in [6, 6.07) is 16.6. The maximum absolute atomic E-state index is 9.21. The third kappa shape index (κ3) is 4.18. The number of benzene rings is 2. The summed E-state index contributed by atoms with van der Waals surface area (Å²) in [5.41, 5.74) is 5.20. The van der Waals surface area contributed by atoms with Crippen molar-refractivity contribution in [2.24, 2.45) is 7.05 Å². The Balaban J connectivity index is 1.57. The molecule has 0 bridgehead atoms. The second-order valence-electron chi connectivity index (χ2n) is 8.87. The van der Waals surface area contributed by atoms with E-state index in [1.165, 1.54) is 0 Å². The number of aromatic nitrogens is 4. The average molecular weight is 438 g/mol. The van der Waals surface area contributed by atoms with E-state index >= 15 is 0 Å². The van der Waals surface area contributed by atoms with Gasteiger partial charge in [-0.3, -0.25) is 9.67 Å². The number of hydrogen-bond donors (Lipinski definition) is 0. The minimum Gasteiger partial charge on any atom is -0.355 e. The highest BCUT2D eigenvalue weighted by Gasteiger charge is 2.23. The molecule has 2 aromatic heterocycles. The minimum absolute atomic E-state index is 0.609. The Morgan fingerprint density at radius 1 is 1.00 bits per heavy atom. The lowest BCUT2D eigenvalue weighted by Gasteiger charge is -2.35. The molecule has 0 spiro atoms. The number of nitrogens with zero attached hydrogens (tertiary/aromatic N) is 7. The van der Waals surface area contributed by atoms with E-state index in [9.17, 15) is 5.26 Å². The van der Waals surface area contributed by atoms with Crippen LogP contribution in [0.25, 0.3) is 33.4 Å². The van der Waals surface area contributed by atoms with E-state index in [1.54, 1.807) is 0 Å². The van der Waals surface area contributed by atoms with Gasteiger partial charge in [0.2, 0.25) is 0 Å². The highest BCUT2D eigenvalue weighted by atomic mass is 15.2. The van der Waals surface area contributed by atoms with Crippen LogP contribution < -0.4 is 4.90 Å². The molecule has 0 unspecified atom stereocenters. The van der Waals surface area contributed by atoms with E-state index in [-0.39, 0.29) is 0 Å². The van der Waals surface area contributed by atoms with Crippen LogP contribution in [-0.4, -0.2) is 57.9 Å². The molecule has 0 atom stereocenters. The van der Waals surface area contributed by atoms with Crippen molar-refractivity contribution in [3.63, 3.8) is 0 Å². The zero-order valence-electron chi connectivity index (χ0n) is 19.2. The predicted octanol–water partition coefficient (Wildman–Crippen LogP) is 4.10. The summed E-state index contributed by atoms with van der Waals surface area (Å²) in [6.45, 7) is 1.93. The summed E-state index contributed by atoms with van der Waals surface area (Å²) in [6.07, 6.45) is 6.13. The van der Waals surface area contributed by atoms with Gasteiger partial charge < -0.3 is 9.80 Å². The third-order valence-corrected chi connectivity index (χ3v) is 6.46. The molecule has 2 aromatic carbocycles. The largest absolute Gasteiger partial charge is 0.355 e. The molecule has 33 heavy (non-hydrogen) atoms. The molecule has 0 aliphatic carbocycles. The van der Waals surface area contributed by atoms with Crippen molar-refractivity contribution < 1.29 is 0 Å². The first-order valence-electron chi connectivity index (χ1n) is 11.2. The van der Waals surface area contributed by atoms with Crippen LogP contribution in [-0.2, 0) is 7.05 Å². The molecular formula is C26H27N7. The first-order valence-corrected chi connectivity index (χ1v) is 11.2.